The fraction of sp³-hybridized carbons (Fsp3) is 0.500. The van der Waals surface area contributed by atoms with Crippen molar-refractivity contribution in [3.8, 4) is 5.75 Å². The summed E-state index contributed by atoms with van der Waals surface area (Å²) in [6, 6.07) is 10.9. The number of anilines is 1. The third-order valence-electron chi connectivity index (χ3n) is 12.0. The highest BCUT2D eigenvalue weighted by molar-refractivity contribution is 6.30. The molecular weight excluding hydrogens is 804 g/mol. The van der Waals surface area contributed by atoms with Gasteiger partial charge in [-0.15, -0.1) is 0 Å². The summed E-state index contributed by atoms with van der Waals surface area (Å²) in [7, 11) is 0. The van der Waals surface area contributed by atoms with Gasteiger partial charge in [0, 0.05) is 56.3 Å². The van der Waals surface area contributed by atoms with E-state index < -0.39 is 35.8 Å². The van der Waals surface area contributed by atoms with E-state index in [-0.39, 0.29) is 60.0 Å². The molecule has 1 aromatic heterocycles. The molecule has 61 heavy (non-hydrogen) atoms. The second kappa shape index (κ2) is 19.9. The van der Waals surface area contributed by atoms with Gasteiger partial charge in [-0.3, -0.25) is 39.0 Å². The number of halogens is 1. The summed E-state index contributed by atoms with van der Waals surface area (Å²) in [6.45, 7) is 5.97. The smallest absolute Gasteiger partial charge is 0.266 e. The predicted octanol–water partition coefficient (Wildman–Crippen LogP) is 3.63. The number of fused-ring (bicyclic) bond motifs is 2. The van der Waals surface area contributed by atoms with Gasteiger partial charge in [0.05, 0.1) is 28.8 Å². The van der Waals surface area contributed by atoms with E-state index in [1.54, 1.807) is 6.07 Å². The predicted molar refractivity (Wildman–Crippen MR) is 225 cm³/mol. The van der Waals surface area contributed by atoms with Crippen molar-refractivity contribution >= 4 is 52.9 Å². The molecule has 0 saturated carbocycles. The molecule has 0 spiro atoms. The minimum Gasteiger partial charge on any atom is -0.483 e. The molecular formula is C44H53ClN8O8. The number of amides is 6. The summed E-state index contributed by atoms with van der Waals surface area (Å²) in [4.78, 5) is 90.7. The number of imide groups is 2. The Bertz CT molecular complexity index is 2130. The van der Waals surface area contributed by atoms with Crippen LogP contribution in [0.5, 0.6) is 5.75 Å². The number of carbonyl (C=O) groups excluding carboxylic acids is 6. The van der Waals surface area contributed by atoms with Crippen LogP contribution in [0, 0.1) is 0 Å². The van der Waals surface area contributed by atoms with Crippen LogP contribution in [0.2, 0.25) is 5.02 Å². The zero-order valence-electron chi connectivity index (χ0n) is 34.4. The zero-order valence-corrected chi connectivity index (χ0v) is 35.1. The number of hydrogen-bond acceptors (Lipinski definition) is 12. The standard InChI is InChI=1S/C44H53ClN8O8/c1-27-23-33(54)39-37(27)40(49-26-48-39)51-19-21-52(22-20-51)42(58)31(28-11-13-29(45)14-12-28)24-46-17-6-4-2-3-5-7-18-47-36(56)25-61-34-10-8-9-30-38(34)44(60)53(43(30)59)32-15-16-35(55)50-41(32)57/h8-14,26-27,31-33,46,54H,2-7,15-25H2,1H3,(H,47,56)(H,50,55,57). The maximum Gasteiger partial charge on any atom is 0.266 e. The first-order valence-corrected chi connectivity index (χ1v) is 21.7. The molecule has 1 aliphatic carbocycles. The summed E-state index contributed by atoms with van der Waals surface area (Å²) in [5.41, 5.74) is 2.74. The quantitative estimate of drug-likeness (QED) is 0.107. The summed E-state index contributed by atoms with van der Waals surface area (Å²) < 4.78 is 5.67. The SMILES string of the molecule is CC1CC(O)c2ncnc(N3CCN(C(=O)C(CNCCCCCCCCNC(=O)COc4cccc5c4C(=O)N(C4CCC(=O)NC4=O)C5=O)c4ccc(Cl)cc4)CC3)c21. The van der Waals surface area contributed by atoms with Crippen LogP contribution in [0.3, 0.4) is 0 Å². The number of nitrogens with zero attached hydrogens (tertiary/aromatic N) is 5. The van der Waals surface area contributed by atoms with Crippen LogP contribution in [0.4, 0.5) is 5.82 Å². The molecule has 4 aliphatic rings. The third kappa shape index (κ3) is 10.0. The number of rotatable bonds is 18. The van der Waals surface area contributed by atoms with Gasteiger partial charge in [-0.1, -0.05) is 62.4 Å². The first-order chi connectivity index (χ1) is 29.5. The van der Waals surface area contributed by atoms with Crippen molar-refractivity contribution in [1.29, 1.82) is 0 Å². The van der Waals surface area contributed by atoms with Crippen LogP contribution in [0.25, 0.3) is 0 Å². The lowest BCUT2D eigenvalue weighted by Gasteiger charge is -2.38. The van der Waals surface area contributed by atoms with E-state index in [1.165, 1.54) is 18.5 Å². The average molecular weight is 857 g/mol. The van der Waals surface area contributed by atoms with E-state index in [9.17, 15) is 33.9 Å². The van der Waals surface area contributed by atoms with Crippen molar-refractivity contribution in [3.63, 3.8) is 0 Å². The zero-order chi connectivity index (χ0) is 43.0. The summed E-state index contributed by atoms with van der Waals surface area (Å²) >= 11 is 6.19. The van der Waals surface area contributed by atoms with Crippen molar-refractivity contribution < 1.29 is 38.6 Å². The van der Waals surface area contributed by atoms with Crippen LogP contribution >= 0.6 is 11.6 Å². The number of aliphatic hydroxyl groups is 1. The van der Waals surface area contributed by atoms with Gasteiger partial charge < -0.3 is 30.3 Å². The van der Waals surface area contributed by atoms with Gasteiger partial charge in [-0.2, -0.15) is 0 Å². The lowest BCUT2D eigenvalue weighted by molar-refractivity contribution is -0.136. The van der Waals surface area contributed by atoms with Gasteiger partial charge in [0.25, 0.3) is 17.7 Å². The van der Waals surface area contributed by atoms with E-state index >= 15 is 0 Å². The van der Waals surface area contributed by atoms with E-state index in [4.69, 9.17) is 16.3 Å². The lowest BCUT2D eigenvalue weighted by atomic mass is 9.96. The molecule has 7 rings (SSSR count). The van der Waals surface area contributed by atoms with Gasteiger partial charge >= 0.3 is 0 Å². The fourth-order valence-corrected chi connectivity index (χ4v) is 8.84. The molecule has 3 aliphatic heterocycles. The van der Waals surface area contributed by atoms with Gasteiger partial charge in [0.2, 0.25) is 17.7 Å². The van der Waals surface area contributed by atoms with Gasteiger partial charge in [-0.05, 0) is 68.0 Å². The van der Waals surface area contributed by atoms with Gasteiger partial charge in [0.15, 0.2) is 6.61 Å². The number of nitrogens with one attached hydrogen (secondary N) is 3. The van der Waals surface area contributed by atoms with Crippen LogP contribution in [0.15, 0.2) is 48.8 Å². The van der Waals surface area contributed by atoms with Crippen LogP contribution in [-0.2, 0) is 19.2 Å². The number of unbranched alkanes of at least 4 members (excludes halogenated alkanes) is 5. The van der Waals surface area contributed by atoms with Crippen molar-refractivity contribution in [3.05, 3.63) is 81.8 Å². The second-order valence-corrected chi connectivity index (χ2v) is 16.6. The molecule has 4 unspecified atom stereocenters. The number of carbonyl (C=O) groups is 6. The number of piperidine rings is 1. The highest BCUT2D eigenvalue weighted by Gasteiger charge is 2.46. The second-order valence-electron chi connectivity index (χ2n) is 16.2. The van der Waals surface area contributed by atoms with Crippen molar-refractivity contribution in [2.24, 2.45) is 0 Å². The summed E-state index contributed by atoms with van der Waals surface area (Å²) in [5, 5.41) is 19.6. The Kier molecular flexibility index (Phi) is 14.3. The Morgan fingerprint density at radius 3 is 2.39 bits per heavy atom. The van der Waals surface area contributed by atoms with E-state index in [0.717, 1.165) is 72.6 Å². The maximum atomic E-state index is 14.0. The molecule has 2 aromatic carbocycles. The molecule has 16 nitrogen and oxygen atoms in total. The Balaban J connectivity index is 0.779. The Morgan fingerprint density at radius 2 is 1.66 bits per heavy atom. The first-order valence-electron chi connectivity index (χ1n) is 21.3. The van der Waals surface area contributed by atoms with Gasteiger partial charge in [-0.25, -0.2) is 9.97 Å². The van der Waals surface area contributed by atoms with Crippen LogP contribution < -0.4 is 25.6 Å². The maximum absolute atomic E-state index is 14.0. The Labute approximate surface area is 359 Å². The lowest BCUT2D eigenvalue weighted by Crippen LogP contribution is -2.54. The van der Waals surface area contributed by atoms with Gasteiger partial charge in [0.1, 0.15) is 23.9 Å². The highest BCUT2D eigenvalue weighted by atomic mass is 35.5. The van der Waals surface area contributed by atoms with E-state index in [2.05, 4.69) is 37.7 Å². The monoisotopic (exact) mass is 856 g/mol. The largest absolute Gasteiger partial charge is 0.483 e. The molecule has 4 heterocycles. The number of hydrogen-bond donors (Lipinski definition) is 4. The number of aliphatic hydroxyl groups excluding tert-OH is 1. The van der Waals surface area contributed by atoms with Crippen LogP contribution in [-0.4, -0.2) is 119 Å². The molecule has 4 atom stereocenters. The van der Waals surface area contributed by atoms with Crippen molar-refractivity contribution in [2.45, 2.75) is 88.7 Å². The molecule has 3 aromatic rings. The minimum atomic E-state index is -1.09. The normalized spacial score (nSPS) is 20.4. The molecule has 324 valence electrons. The molecule has 2 saturated heterocycles. The number of benzene rings is 2. The first kappa shape index (κ1) is 43.6. The van der Waals surface area contributed by atoms with Crippen molar-refractivity contribution in [2.75, 3.05) is 57.3 Å². The van der Waals surface area contributed by atoms with E-state index in [0.29, 0.717) is 50.7 Å². The number of piperazine rings is 1. The molecule has 0 bridgehead atoms. The Hall–Kier alpha value is -5.45. The minimum absolute atomic E-state index is 0.000569. The molecule has 17 heteroatoms. The summed E-state index contributed by atoms with van der Waals surface area (Å²) in [5.74, 6) is -1.99. The number of ether oxygens (including phenoxy) is 1. The molecule has 0 radical (unpaired) electrons. The Morgan fingerprint density at radius 1 is 0.934 bits per heavy atom. The average Bonchev–Trinajstić information content (AvgIpc) is 3.70. The highest BCUT2D eigenvalue weighted by Crippen LogP contribution is 2.43. The van der Waals surface area contributed by atoms with Crippen molar-refractivity contribution in [1.82, 2.24) is 35.7 Å². The molecule has 4 N–H and O–H groups in total. The van der Waals surface area contributed by atoms with Crippen LogP contribution in [0.1, 0.15) is 120 Å². The summed E-state index contributed by atoms with van der Waals surface area (Å²) in [6.07, 6.45) is 7.44. The number of aromatic nitrogens is 2. The fourth-order valence-electron chi connectivity index (χ4n) is 8.71. The third-order valence-corrected chi connectivity index (χ3v) is 12.2. The van der Waals surface area contributed by atoms with E-state index in [1.807, 2.05) is 29.2 Å². The molecule has 6 amide bonds. The molecule has 2 fully saturated rings. The topological polar surface area (TPSA) is 203 Å².